The zero-order valence-electron chi connectivity index (χ0n) is 10.6. The van der Waals surface area contributed by atoms with Gasteiger partial charge in [0.05, 0.1) is 12.1 Å². The van der Waals surface area contributed by atoms with E-state index in [1.54, 1.807) is 0 Å². The molecule has 0 aromatic heterocycles. The van der Waals surface area contributed by atoms with Crippen molar-refractivity contribution >= 4 is 5.91 Å². The maximum Gasteiger partial charge on any atom is 0.237 e. The zero-order valence-corrected chi connectivity index (χ0v) is 10.6. The van der Waals surface area contributed by atoms with E-state index in [4.69, 9.17) is 0 Å². The Morgan fingerprint density at radius 2 is 2.33 bits per heavy atom. The average molecular weight is 248 g/mol. The van der Waals surface area contributed by atoms with Gasteiger partial charge in [-0.05, 0) is 37.4 Å². The van der Waals surface area contributed by atoms with E-state index in [0.29, 0.717) is 0 Å². The molecule has 4 heteroatoms. The number of carbonyl (C=O) groups is 1. The van der Waals surface area contributed by atoms with Crippen molar-refractivity contribution in [1.82, 2.24) is 10.6 Å². The second kappa shape index (κ2) is 5.98. The minimum Gasteiger partial charge on any atom is -0.387 e. The van der Waals surface area contributed by atoms with Crippen LogP contribution in [0.15, 0.2) is 24.3 Å². The molecule has 98 valence electrons. The summed E-state index contributed by atoms with van der Waals surface area (Å²) in [6.07, 6.45) is 1.28. The Morgan fingerprint density at radius 3 is 3.00 bits per heavy atom. The lowest BCUT2D eigenvalue weighted by atomic mass is 10.0. The van der Waals surface area contributed by atoms with E-state index in [1.807, 2.05) is 31.2 Å². The van der Waals surface area contributed by atoms with Crippen molar-refractivity contribution in [2.45, 2.75) is 31.9 Å². The van der Waals surface area contributed by atoms with Crippen molar-refractivity contribution in [2.24, 2.45) is 0 Å². The predicted octanol–water partition coefficient (Wildman–Crippen LogP) is 0.897. The molecule has 1 aromatic carbocycles. The molecule has 2 rings (SSSR count). The van der Waals surface area contributed by atoms with Crippen LogP contribution in [0.5, 0.6) is 0 Å². The molecular weight excluding hydrogens is 228 g/mol. The van der Waals surface area contributed by atoms with Crippen LogP contribution in [-0.2, 0) is 4.79 Å². The Hall–Kier alpha value is -1.39. The van der Waals surface area contributed by atoms with Crippen molar-refractivity contribution in [1.29, 1.82) is 0 Å². The molecule has 2 atom stereocenters. The molecule has 1 aliphatic heterocycles. The fourth-order valence-corrected chi connectivity index (χ4v) is 2.30. The molecule has 0 aliphatic carbocycles. The van der Waals surface area contributed by atoms with Crippen LogP contribution in [0.2, 0.25) is 0 Å². The number of aliphatic hydroxyl groups excluding tert-OH is 1. The molecular formula is C14H20N2O2. The summed E-state index contributed by atoms with van der Waals surface area (Å²) in [6, 6.07) is 7.59. The molecule has 0 bridgehead atoms. The number of hydrogen-bond donors (Lipinski definition) is 3. The molecule has 1 amide bonds. The van der Waals surface area contributed by atoms with Gasteiger partial charge in [0.1, 0.15) is 0 Å². The highest BCUT2D eigenvalue weighted by atomic mass is 16.3. The zero-order chi connectivity index (χ0) is 13.0. The van der Waals surface area contributed by atoms with Gasteiger partial charge in [0.25, 0.3) is 0 Å². The first-order chi connectivity index (χ1) is 8.68. The lowest BCUT2D eigenvalue weighted by Crippen LogP contribution is -2.41. The highest BCUT2D eigenvalue weighted by Gasteiger charge is 2.22. The molecule has 0 saturated carbocycles. The van der Waals surface area contributed by atoms with Gasteiger partial charge in [-0.15, -0.1) is 0 Å². The maximum absolute atomic E-state index is 11.8. The van der Waals surface area contributed by atoms with Crippen molar-refractivity contribution < 1.29 is 9.90 Å². The van der Waals surface area contributed by atoms with Crippen molar-refractivity contribution in [3.8, 4) is 0 Å². The Bertz CT molecular complexity index is 414. The highest BCUT2D eigenvalue weighted by Crippen LogP contribution is 2.16. The van der Waals surface area contributed by atoms with Crippen molar-refractivity contribution in [3.63, 3.8) is 0 Å². The fourth-order valence-electron chi connectivity index (χ4n) is 2.30. The second-order valence-electron chi connectivity index (χ2n) is 4.77. The predicted molar refractivity (Wildman–Crippen MR) is 70.2 cm³/mol. The normalized spacial score (nSPS) is 20.7. The number of aryl methyl sites for hydroxylation is 1. The number of hydrogen-bond acceptors (Lipinski definition) is 3. The van der Waals surface area contributed by atoms with E-state index in [1.165, 1.54) is 0 Å². The third-order valence-corrected chi connectivity index (χ3v) is 3.39. The molecule has 18 heavy (non-hydrogen) atoms. The van der Waals surface area contributed by atoms with Gasteiger partial charge in [-0.2, -0.15) is 0 Å². The lowest BCUT2D eigenvalue weighted by Gasteiger charge is -2.16. The second-order valence-corrected chi connectivity index (χ2v) is 4.77. The van der Waals surface area contributed by atoms with Crippen LogP contribution >= 0.6 is 0 Å². The number of benzene rings is 1. The van der Waals surface area contributed by atoms with Crippen LogP contribution in [0.4, 0.5) is 0 Å². The molecule has 3 N–H and O–H groups in total. The highest BCUT2D eigenvalue weighted by molar-refractivity contribution is 5.82. The minimum absolute atomic E-state index is 0.0138. The summed E-state index contributed by atoms with van der Waals surface area (Å²) >= 11 is 0. The van der Waals surface area contributed by atoms with Gasteiger partial charge >= 0.3 is 0 Å². The molecule has 0 spiro atoms. The minimum atomic E-state index is -0.642. The van der Waals surface area contributed by atoms with Gasteiger partial charge in [-0.1, -0.05) is 24.3 Å². The number of rotatable bonds is 4. The van der Waals surface area contributed by atoms with Crippen LogP contribution in [0.3, 0.4) is 0 Å². The summed E-state index contributed by atoms with van der Waals surface area (Å²) in [5, 5.41) is 16.0. The summed E-state index contributed by atoms with van der Waals surface area (Å²) in [4.78, 5) is 11.8. The number of carbonyl (C=O) groups excluding carboxylic acids is 1. The first-order valence-corrected chi connectivity index (χ1v) is 6.43. The summed E-state index contributed by atoms with van der Waals surface area (Å²) in [5.74, 6) is -0.0138. The van der Waals surface area contributed by atoms with E-state index in [9.17, 15) is 9.90 Å². The Balaban J connectivity index is 1.86. The van der Waals surface area contributed by atoms with E-state index in [2.05, 4.69) is 10.6 Å². The quantitative estimate of drug-likeness (QED) is 0.742. The smallest absolute Gasteiger partial charge is 0.237 e. The SMILES string of the molecule is Cc1ccccc1[C@H](O)CNC(=O)[C@H]1CCCN1. The number of amides is 1. The van der Waals surface area contributed by atoms with E-state index < -0.39 is 6.10 Å². The molecule has 1 saturated heterocycles. The van der Waals surface area contributed by atoms with Crippen LogP contribution in [0.1, 0.15) is 30.1 Å². The number of nitrogens with one attached hydrogen (secondary N) is 2. The summed E-state index contributed by atoms with van der Waals surface area (Å²) < 4.78 is 0. The van der Waals surface area contributed by atoms with Gasteiger partial charge < -0.3 is 15.7 Å². The van der Waals surface area contributed by atoms with Crippen molar-refractivity contribution in [2.75, 3.05) is 13.1 Å². The topological polar surface area (TPSA) is 61.4 Å². The average Bonchev–Trinajstić information content (AvgIpc) is 2.90. The Morgan fingerprint density at radius 1 is 1.56 bits per heavy atom. The standard InChI is InChI=1S/C14H20N2O2/c1-10-5-2-3-6-11(10)13(17)9-16-14(18)12-7-4-8-15-12/h2-3,5-6,12-13,15,17H,4,7-9H2,1H3,(H,16,18)/t12-,13-/m1/s1. The van der Waals surface area contributed by atoms with Crippen LogP contribution in [0.25, 0.3) is 0 Å². The van der Waals surface area contributed by atoms with E-state index >= 15 is 0 Å². The van der Waals surface area contributed by atoms with Crippen LogP contribution in [-0.4, -0.2) is 30.1 Å². The fraction of sp³-hybridized carbons (Fsp3) is 0.500. The van der Waals surface area contributed by atoms with Gasteiger partial charge in [0.15, 0.2) is 0 Å². The molecule has 1 aromatic rings. The monoisotopic (exact) mass is 248 g/mol. The van der Waals surface area contributed by atoms with Gasteiger partial charge in [-0.25, -0.2) is 0 Å². The molecule has 4 nitrogen and oxygen atoms in total. The van der Waals surface area contributed by atoms with Crippen LogP contribution in [0, 0.1) is 6.92 Å². The molecule has 1 aliphatic rings. The van der Waals surface area contributed by atoms with Gasteiger partial charge in [0.2, 0.25) is 5.91 Å². The largest absolute Gasteiger partial charge is 0.387 e. The van der Waals surface area contributed by atoms with E-state index in [0.717, 1.165) is 30.5 Å². The first kappa shape index (κ1) is 13.1. The first-order valence-electron chi connectivity index (χ1n) is 6.43. The van der Waals surface area contributed by atoms with Gasteiger partial charge in [0, 0.05) is 6.54 Å². The number of aliphatic hydroxyl groups is 1. The molecule has 1 heterocycles. The third-order valence-electron chi connectivity index (χ3n) is 3.39. The van der Waals surface area contributed by atoms with Crippen molar-refractivity contribution in [3.05, 3.63) is 35.4 Å². The molecule has 0 radical (unpaired) electrons. The molecule has 0 unspecified atom stereocenters. The third kappa shape index (κ3) is 3.09. The lowest BCUT2D eigenvalue weighted by molar-refractivity contribution is -0.123. The molecule has 1 fully saturated rings. The Kier molecular flexibility index (Phi) is 4.33. The van der Waals surface area contributed by atoms with Gasteiger partial charge in [-0.3, -0.25) is 4.79 Å². The van der Waals surface area contributed by atoms with Crippen LogP contribution < -0.4 is 10.6 Å². The summed E-state index contributed by atoms with van der Waals surface area (Å²) in [6.45, 7) is 3.12. The summed E-state index contributed by atoms with van der Waals surface area (Å²) in [5.41, 5.74) is 1.91. The maximum atomic E-state index is 11.8. The summed E-state index contributed by atoms with van der Waals surface area (Å²) in [7, 11) is 0. The Labute approximate surface area is 107 Å². The van der Waals surface area contributed by atoms with E-state index in [-0.39, 0.29) is 18.5 Å².